The maximum Gasteiger partial charge on any atom is 0.416 e. The highest BCUT2D eigenvalue weighted by Gasteiger charge is 2.42. The van der Waals surface area contributed by atoms with E-state index < -0.39 is 23.2 Å². The zero-order valence-electron chi connectivity index (χ0n) is 14.7. The molecule has 0 radical (unpaired) electrons. The van der Waals surface area contributed by atoms with Crippen LogP contribution in [0.1, 0.15) is 11.3 Å². The highest BCUT2D eigenvalue weighted by Crippen LogP contribution is 2.40. The monoisotopic (exact) mass is 411 g/mol. The van der Waals surface area contributed by atoms with Crippen LogP contribution in [0.5, 0.6) is 5.75 Å². The number of aromatic nitrogens is 1. The number of benzene rings is 1. The molecule has 3 rings (SSSR count). The summed E-state index contributed by atoms with van der Waals surface area (Å²) in [6.07, 6.45) is -0.394. The fraction of sp³-hybridized carbons (Fsp3) is 0.222. The van der Waals surface area contributed by atoms with Crippen LogP contribution in [0, 0.1) is 12.3 Å². The first-order valence-electron chi connectivity index (χ1n) is 8.11. The SMILES string of the molecule is Cc1ncccc1-c1ccc(C(F)(F)F)cc1O[C@@]1(N)C=CC(=N)N1C(N)Cl. The van der Waals surface area contributed by atoms with Gasteiger partial charge in [0.15, 0.2) is 5.62 Å². The van der Waals surface area contributed by atoms with Gasteiger partial charge in [-0.3, -0.25) is 26.8 Å². The summed E-state index contributed by atoms with van der Waals surface area (Å²) in [7, 11) is 0. The van der Waals surface area contributed by atoms with Crippen LogP contribution in [0.15, 0.2) is 48.7 Å². The lowest BCUT2D eigenvalue weighted by molar-refractivity contribution is -0.137. The van der Waals surface area contributed by atoms with Crippen molar-refractivity contribution < 1.29 is 17.9 Å². The van der Waals surface area contributed by atoms with Crippen molar-refractivity contribution in [1.29, 1.82) is 5.41 Å². The second-order valence-electron chi connectivity index (χ2n) is 6.16. The third-order valence-electron chi connectivity index (χ3n) is 4.24. The average Bonchev–Trinajstić information content (AvgIpc) is 2.89. The molecule has 0 saturated carbocycles. The van der Waals surface area contributed by atoms with Crippen LogP contribution in [0.25, 0.3) is 11.1 Å². The van der Waals surface area contributed by atoms with E-state index in [0.29, 0.717) is 16.8 Å². The summed E-state index contributed by atoms with van der Waals surface area (Å²) in [4.78, 5) is 5.20. The Labute approximate surface area is 164 Å². The number of nitrogens with two attached hydrogens (primary N) is 2. The summed E-state index contributed by atoms with van der Waals surface area (Å²) in [5, 5.41) is 7.88. The number of halogens is 4. The minimum Gasteiger partial charge on any atom is -0.450 e. The van der Waals surface area contributed by atoms with E-state index in [1.165, 1.54) is 18.2 Å². The van der Waals surface area contributed by atoms with Gasteiger partial charge in [-0.2, -0.15) is 13.2 Å². The molecule has 0 aliphatic carbocycles. The maximum absolute atomic E-state index is 13.3. The highest BCUT2D eigenvalue weighted by atomic mass is 35.5. The Morgan fingerprint density at radius 2 is 2.00 bits per heavy atom. The molecule has 6 nitrogen and oxygen atoms in total. The molecule has 2 aromatic rings. The molecule has 0 amide bonds. The molecule has 5 N–H and O–H groups in total. The molecule has 2 atom stereocenters. The van der Waals surface area contributed by atoms with Crippen molar-refractivity contribution >= 4 is 17.4 Å². The van der Waals surface area contributed by atoms with Gasteiger partial charge in [0.2, 0.25) is 0 Å². The van der Waals surface area contributed by atoms with Gasteiger partial charge in [0.25, 0.3) is 5.85 Å². The van der Waals surface area contributed by atoms with Gasteiger partial charge in [-0.25, -0.2) is 0 Å². The second-order valence-corrected chi connectivity index (χ2v) is 6.61. The van der Waals surface area contributed by atoms with Gasteiger partial charge in [-0.05, 0) is 37.3 Å². The van der Waals surface area contributed by atoms with Gasteiger partial charge in [-0.1, -0.05) is 17.7 Å². The predicted molar refractivity (Wildman–Crippen MR) is 99.5 cm³/mol. The number of pyridine rings is 1. The molecular formula is C18H17ClF3N5O. The number of hydrogen-bond acceptors (Lipinski definition) is 5. The number of nitrogens with zero attached hydrogens (tertiary/aromatic N) is 2. The van der Waals surface area contributed by atoms with Crippen molar-refractivity contribution in [1.82, 2.24) is 9.88 Å². The summed E-state index contributed by atoms with van der Waals surface area (Å²) >= 11 is 5.89. The predicted octanol–water partition coefficient (Wildman–Crippen LogP) is 3.40. The van der Waals surface area contributed by atoms with Crippen LogP contribution in [0.2, 0.25) is 0 Å². The molecule has 0 spiro atoms. The van der Waals surface area contributed by atoms with Gasteiger partial charge in [0, 0.05) is 29.1 Å². The molecule has 148 valence electrons. The van der Waals surface area contributed by atoms with Crippen molar-refractivity contribution in [3.8, 4) is 16.9 Å². The summed E-state index contributed by atoms with van der Waals surface area (Å²) in [6.45, 7) is 1.72. The zero-order chi connectivity index (χ0) is 20.7. The number of alkyl halides is 4. The Balaban J connectivity index is 2.14. The standard InChI is InChI=1S/C18H17ClF3N5O/c1-10-12(3-2-8-26-10)13-5-4-11(18(20,21)22)9-14(13)28-17(25)7-6-15(23)27(17)16(19)24/h2-9,16,23H,24-25H2,1H3/t16?,17-/m1/s1. The fourth-order valence-electron chi connectivity index (χ4n) is 2.91. The number of amidine groups is 1. The molecule has 1 aliphatic rings. The zero-order valence-corrected chi connectivity index (χ0v) is 15.4. The van der Waals surface area contributed by atoms with Crippen molar-refractivity contribution in [2.75, 3.05) is 0 Å². The Morgan fingerprint density at radius 1 is 1.29 bits per heavy atom. The van der Waals surface area contributed by atoms with Crippen LogP contribution in [0.4, 0.5) is 13.2 Å². The summed E-state index contributed by atoms with van der Waals surface area (Å²) in [5.41, 5.74) is 11.2. The van der Waals surface area contributed by atoms with Crippen LogP contribution in [-0.2, 0) is 6.18 Å². The van der Waals surface area contributed by atoms with Crippen molar-refractivity contribution in [3.05, 3.63) is 59.9 Å². The van der Waals surface area contributed by atoms with Crippen LogP contribution in [0.3, 0.4) is 0 Å². The number of rotatable bonds is 4. The highest BCUT2D eigenvalue weighted by molar-refractivity contribution is 6.21. The van der Waals surface area contributed by atoms with Crippen molar-refractivity contribution in [2.24, 2.45) is 11.5 Å². The van der Waals surface area contributed by atoms with Crippen LogP contribution < -0.4 is 16.2 Å². The minimum absolute atomic E-state index is 0.129. The molecule has 2 heterocycles. The van der Waals surface area contributed by atoms with E-state index in [-0.39, 0.29) is 11.6 Å². The third-order valence-corrected chi connectivity index (χ3v) is 4.44. The molecule has 28 heavy (non-hydrogen) atoms. The smallest absolute Gasteiger partial charge is 0.416 e. The first-order valence-corrected chi connectivity index (χ1v) is 8.54. The van der Waals surface area contributed by atoms with E-state index in [9.17, 15) is 13.2 Å². The lowest BCUT2D eigenvalue weighted by Crippen LogP contribution is -2.62. The second kappa shape index (κ2) is 7.08. The molecule has 0 bridgehead atoms. The number of nitrogens with one attached hydrogen (secondary N) is 1. The summed E-state index contributed by atoms with van der Waals surface area (Å²) in [5.74, 6) is -2.10. The molecule has 0 fully saturated rings. The quantitative estimate of drug-likeness (QED) is 0.406. The Morgan fingerprint density at radius 3 is 2.61 bits per heavy atom. The Hall–Kier alpha value is -2.62. The van der Waals surface area contributed by atoms with Crippen molar-refractivity contribution in [3.63, 3.8) is 0 Å². The van der Waals surface area contributed by atoms with E-state index in [2.05, 4.69) is 4.98 Å². The molecule has 0 saturated heterocycles. The van der Waals surface area contributed by atoms with Gasteiger partial charge < -0.3 is 4.74 Å². The van der Waals surface area contributed by atoms with E-state index in [1.807, 2.05) is 0 Å². The van der Waals surface area contributed by atoms with Gasteiger partial charge in [0.1, 0.15) is 11.6 Å². The molecular weight excluding hydrogens is 395 g/mol. The maximum atomic E-state index is 13.3. The molecule has 1 unspecified atom stereocenters. The normalized spacial score (nSPS) is 20.5. The van der Waals surface area contributed by atoms with Crippen LogP contribution >= 0.6 is 11.6 Å². The topological polar surface area (TPSA) is 101 Å². The van der Waals surface area contributed by atoms with E-state index in [0.717, 1.165) is 17.0 Å². The number of ether oxygens (including phenoxy) is 1. The van der Waals surface area contributed by atoms with Gasteiger partial charge in [-0.15, -0.1) is 0 Å². The molecule has 10 heteroatoms. The molecule has 1 aromatic carbocycles. The largest absolute Gasteiger partial charge is 0.450 e. The minimum atomic E-state index is -4.58. The first kappa shape index (κ1) is 20.1. The Kier molecular flexibility index (Phi) is 5.09. The van der Waals surface area contributed by atoms with Gasteiger partial charge >= 0.3 is 6.18 Å². The third kappa shape index (κ3) is 3.68. The molecule has 1 aliphatic heterocycles. The fourth-order valence-corrected chi connectivity index (χ4v) is 3.16. The van der Waals surface area contributed by atoms with Gasteiger partial charge in [0.05, 0.1) is 5.56 Å². The van der Waals surface area contributed by atoms with Crippen molar-refractivity contribution in [2.45, 2.75) is 24.6 Å². The van der Waals surface area contributed by atoms with E-state index in [1.54, 1.807) is 25.3 Å². The number of aryl methyl sites for hydroxylation is 1. The Bertz CT molecular complexity index is 947. The van der Waals surface area contributed by atoms with E-state index in [4.69, 9.17) is 33.2 Å². The lowest BCUT2D eigenvalue weighted by atomic mass is 10.0. The number of hydrogen-bond donors (Lipinski definition) is 3. The first-order chi connectivity index (χ1) is 13.0. The van der Waals surface area contributed by atoms with Crippen LogP contribution in [-0.4, -0.2) is 27.2 Å². The molecule has 1 aromatic heterocycles. The summed E-state index contributed by atoms with van der Waals surface area (Å²) < 4.78 is 45.5. The van der Waals surface area contributed by atoms with E-state index >= 15 is 0 Å². The summed E-state index contributed by atoms with van der Waals surface area (Å²) in [6, 6.07) is 6.46. The average molecular weight is 412 g/mol. The lowest BCUT2D eigenvalue weighted by Gasteiger charge is -2.37.